The number of hydrogen-bond acceptors (Lipinski definition) is 5. The van der Waals surface area contributed by atoms with Crippen LogP contribution in [0.5, 0.6) is 0 Å². The molecule has 2 aromatic heterocycles. The van der Waals surface area contributed by atoms with E-state index < -0.39 is 5.97 Å². The second-order valence-electron chi connectivity index (χ2n) is 3.31. The quantitative estimate of drug-likeness (QED) is 0.868. The number of carboxylic acid groups (broad SMARTS) is 1. The fourth-order valence-corrected chi connectivity index (χ4v) is 2.07. The van der Waals surface area contributed by atoms with Gasteiger partial charge in [0.2, 0.25) is 0 Å². The summed E-state index contributed by atoms with van der Waals surface area (Å²) >= 11 is 7.02. The average molecular weight is 282 g/mol. The molecule has 0 fully saturated rings. The van der Waals surface area contributed by atoms with E-state index in [2.05, 4.69) is 15.0 Å². The molecule has 0 saturated carbocycles. The molecule has 0 aliphatic heterocycles. The SMILES string of the molecule is O=C(O)c1ccnc(SCc2cnc(Cl)cn2)c1. The summed E-state index contributed by atoms with van der Waals surface area (Å²) < 4.78 is 0. The highest BCUT2D eigenvalue weighted by atomic mass is 35.5. The van der Waals surface area contributed by atoms with Crippen molar-refractivity contribution in [3.05, 3.63) is 47.1 Å². The van der Waals surface area contributed by atoms with Crippen molar-refractivity contribution in [1.29, 1.82) is 0 Å². The van der Waals surface area contributed by atoms with Crippen molar-refractivity contribution in [2.45, 2.75) is 10.8 Å². The van der Waals surface area contributed by atoms with Gasteiger partial charge < -0.3 is 5.11 Å². The Morgan fingerprint density at radius 2 is 2.17 bits per heavy atom. The molecule has 18 heavy (non-hydrogen) atoms. The molecule has 1 N–H and O–H groups in total. The van der Waals surface area contributed by atoms with Crippen LogP contribution in [0.3, 0.4) is 0 Å². The minimum absolute atomic E-state index is 0.217. The van der Waals surface area contributed by atoms with Gasteiger partial charge in [-0.15, -0.1) is 0 Å². The van der Waals surface area contributed by atoms with Gasteiger partial charge >= 0.3 is 5.97 Å². The Hall–Kier alpha value is -1.66. The van der Waals surface area contributed by atoms with E-state index in [-0.39, 0.29) is 5.56 Å². The maximum absolute atomic E-state index is 10.8. The number of aromatic nitrogens is 3. The van der Waals surface area contributed by atoms with Crippen LogP contribution in [-0.4, -0.2) is 26.0 Å². The minimum Gasteiger partial charge on any atom is -0.478 e. The van der Waals surface area contributed by atoms with Gasteiger partial charge in [0, 0.05) is 11.9 Å². The molecule has 92 valence electrons. The minimum atomic E-state index is -0.967. The van der Waals surface area contributed by atoms with Gasteiger partial charge in [0.25, 0.3) is 0 Å². The van der Waals surface area contributed by atoms with E-state index in [4.69, 9.17) is 16.7 Å². The van der Waals surface area contributed by atoms with Crippen LogP contribution in [0.4, 0.5) is 0 Å². The molecule has 2 heterocycles. The Morgan fingerprint density at radius 3 is 2.83 bits per heavy atom. The molecule has 0 spiro atoms. The summed E-state index contributed by atoms with van der Waals surface area (Å²) in [6.07, 6.45) is 4.52. The van der Waals surface area contributed by atoms with E-state index in [0.717, 1.165) is 5.69 Å². The molecule has 2 rings (SSSR count). The number of rotatable bonds is 4. The molecule has 0 amide bonds. The third kappa shape index (κ3) is 3.41. The van der Waals surface area contributed by atoms with E-state index >= 15 is 0 Å². The Labute approximate surface area is 112 Å². The molecule has 7 heteroatoms. The zero-order valence-corrected chi connectivity index (χ0v) is 10.6. The molecular formula is C11H8ClN3O2S. The number of nitrogens with zero attached hydrogens (tertiary/aromatic N) is 3. The molecule has 0 aromatic carbocycles. The van der Waals surface area contributed by atoms with Crippen molar-refractivity contribution < 1.29 is 9.90 Å². The number of carboxylic acids is 1. The highest BCUT2D eigenvalue weighted by molar-refractivity contribution is 7.98. The normalized spacial score (nSPS) is 10.3. The predicted molar refractivity (Wildman–Crippen MR) is 67.8 cm³/mol. The number of halogens is 1. The van der Waals surface area contributed by atoms with Crippen molar-refractivity contribution in [2.24, 2.45) is 0 Å². The first-order valence-electron chi connectivity index (χ1n) is 4.94. The second-order valence-corrected chi connectivity index (χ2v) is 4.69. The van der Waals surface area contributed by atoms with Crippen LogP contribution < -0.4 is 0 Å². The highest BCUT2D eigenvalue weighted by Crippen LogP contribution is 2.20. The van der Waals surface area contributed by atoms with Crippen LogP contribution in [-0.2, 0) is 5.75 Å². The van der Waals surface area contributed by atoms with Crippen LogP contribution >= 0.6 is 23.4 Å². The lowest BCUT2D eigenvalue weighted by molar-refractivity contribution is 0.0696. The molecule has 0 aliphatic carbocycles. The van der Waals surface area contributed by atoms with E-state index in [1.165, 1.54) is 36.3 Å². The summed E-state index contributed by atoms with van der Waals surface area (Å²) in [5.74, 6) is -0.411. The van der Waals surface area contributed by atoms with Crippen molar-refractivity contribution in [1.82, 2.24) is 15.0 Å². The molecule has 5 nitrogen and oxygen atoms in total. The summed E-state index contributed by atoms with van der Waals surface area (Å²) in [6, 6.07) is 2.98. The first kappa shape index (κ1) is 12.8. The molecule has 0 saturated heterocycles. The van der Waals surface area contributed by atoms with E-state index in [1.807, 2.05) is 0 Å². The molecule has 0 unspecified atom stereocenters. The number of thioether (sulfide) groups is 1. The van der Waals surface area contributed by atoms with E-state index in [9.17, 15) is 4.79 Å². The maximum Gasteiger partial charge on any atom is 0.335 e. The van der Waals surface area contributed by atoms with Crippen LogP contribution in [0.25, 0.3) is 0 Å². The van der Waals surface area contributed by atoms with Gasteiger partial charge in [-0.2, -0.15) is 0 Å². The average Bonchev–Trinajstić information content (AvgIpc) is 2.38. The van der Waals surface area contributed by atoms with Gasteiger partial charge in [-0.3, -0.25) is 4.98 Å². The Kier molecular flexibility index (Phi) is 4.11. The third-order valence-electron chi connectivity index (χ3n) is 2.02. The highest BCUT2D eigenvalue weighted by Gasteiger charge is 2.05. The van der Waals surface area contributed by atoms with Gasteiger partial charge in [0.1, 0.15) is 5.15 Å². The Bertz CT molecular complexity index is 562. The summed E-state index contributed by atoms with van der Waals surface area (Å²) in [5, 5.41) is 9.82. The fraction of sp³-hybridized carbons (Fsp3) is 0.0909. The fourth-order valence-electron chi connectivity index (χ4n) is 1.18. The number of pyridine rings is 1. The molecule has 0 radical (unpaired) electrons. The largest absolute Gasteiger partial charge is 0.478 e. The summed E-state index contributed by atoms with van der Waals surface area (Å²) in [5.41, 5.74) is 0.974. The standard InChI is InChI=1S/C11H8ClN3O2S/c12-9-5-14-8(4-15-9)6-18-10-3-7(11(16)17)1-2-13-10/h1-5H,6H2,(H,16,17). The summed E-state index contributed by atoms with van der Waals surface area (Å²) in [7, 11) is 0. The van der Waals surface area contributed by atoms with E-state index in [1.54, 1.807) is 6.20 Å². The van der Waals surface area contributed by atoms with Gasteiger partial charge in [-0.25, -0.2) is 14.8 Å². The lowest BCUT2D eigenvalue weighted by Crippen LogP contribution is -1.97. The van der Waals surface area contributed by atoms with Crippen LogP contribution in [0.15, 0.2) is 35.7 Å². The summed E-state index contributed by atoms with van der Waals surface area (Å²) in [4.78, 5) is 22.9. The molecule has 0 aliphatic rings. The maximum atomic E-state index is 10.8. The molecule has 0 bridgehead atoms. The lowest BCUT2D eigenvalue weighted by atomic mass is 10.3. The van der Waals surface area contributed by atoms with Crippen LogP contribution in [0.1, 0.15) is 16.1 Å². The zero-order chi connectivity index (χ0) is 13.0. The number of carbonyl (C=O) groups is 1. The number of aromatic carboxylic acids is 1. The van der Waals surface area contributed by atoms with Crippen molar-refractivity contribution in [2.75, 3.05) is 0 Å². The van der Waals surface area contributed by atoms with Gasteiger partial charge in [0.15, 0.2) is 0 Å². The third-order valence-corrected chi connectivity index (χ3v) is 3.18. The predicted octanol–water partition coefficient (Wildman–Crippen LogP) is 2.52. The first-order valence-corrected chi connectivity index (χ1v) is 6.30. The monoisotopic (exact) mass is 281 g/mol. The van der Waals surface area contributed by atoms with Crippen molar-refractivity contribution >= 4 is 29.3 Å². The smallest absolute Gasteiger partial charge is 0.335 e. The van der Waals surface area contributed by atoms with Gasteiger partial charge in [-0.05, 0) is 12.1 Å². The topological polar surface area (TPSA) is 76.0 Å². The Balaban J connectivity index is 2.04. The molecule has 2 aromatic rings. The lowest BCUT2D eigenvalue weighted by Gasteiger charge is -2.01. The van der Waals surface area contributed by atoms with E-state index in [0.29, 0.717) is 15.9 Å². The van der Waals surface area contributed by atoms with Gasteiger partial charge in [-0.1, -0.05) is 23.4 Å². The summed E-state index contributed by atoms with van der Waals surface area (Å²) in [6.45, 7) is 0. The molecular weight excluding hydrogens is 274 g/mol. The zero-order valence-electron chi connectivity index (χ0n) is 9.08. The second kappa shape index (κ2) is 5.79. The van der Waals surface area contributed by atoms with Crippen LogP contribution in [0, 0.1) is 0 Å². The van der Waals surface area contributed by atoms with Crippen LogP contribution in [0.2, 0.25) is 5.15 Å². The first-order chi connectivity index (χ1) is 8.65. The number of hydrogen-bond donors (Lipinski definition) is 1. The Morgan fingerprint density at radius 1 is 1.33 bits per heavy atom. The molecule has 0 atom stereocenters. The van der Waals surface area contributed by atoms with Crippen molar-refractivity contribution in [3.8, 4) is 0 Å². The van der Waals surface area contributed by atoms with Gasteiger partial charge in [0.05, 0.1) is 28.7 Å². The van der Waals surface area contributed by atoms with Crippen molar-refractivity contribution in [3.63, 3.8) is 0 Å².